The molecule has 0 aliphatic carbocycles. The van der Waals surface area contributed by atoms with E-state index in [-0.39, 0.29) is 71.3 Å². The highest BCUT2D eigenvalue weighted by Crippen LogP contribution is 2.30. The van der Waals surface area contributed by atoms with Gasteiger partial charge in [-0.2, -0.15) is 0 Å². The number of esters is 3. The number of piperidine rings is 3. The summed E-state index contributed by atoms with van der Waals surface area (Å²) in [6.07, 6.45) is 3.39. The van der Waals surface area contributed by atoms with Crippen molar-refractivity contribution in [1.82, 2.24) is 16.0 Å². The van der Waals surface area contributed by atoms with Gasteiger partial charge in [0.2, 0.25) is 0 Å². The highest BCUT2D eigenvalue weighted by molar-refractivity contribution is 6.00. The van der Waals surface area contributed by atoms with E-state index in [1.54, 1.807) is 0 Å². The van der Waals surface area contributed by atoms with Gasteiger partial charge in [-0.05, 0) is 53.7 Å². The molecule has 6 atom stereocenters. The first-order valence-electron chi connectivity index (χ1n) is 20.0. The lowest BCUT2D eigenvalue weighted by molar-refractivity contribution is 0.00582. The van der Waals surface area contributed by atoms with Crippen LogP contribution in [0.2, 0.25) is 0 Å². The summed E-state index contributed by atoms with van der Waals surface area (Å²) in [6.45, 7) is 26.1. The van der Waals surface area contributed by atoms with Gasteiger partial charge in [0.05, 0.1) is 16.7 Å². The van der Waals surface area contributed by atoms with E-state index in [4.69, 9.17) is 14.2 Å². The predicted molar refractivity (Wildman–Crippen MR) is 203 cm³/mol. The third kappa shape index (κ3) is 11.3. The molecule has 4 rings (SSSR count). The van der Waals surface area contributed by atoms with E-state index in [0.29, 0.717) is 74.0 Å². The topological polar surface area (TPSA) is 115 Å². The fourth-order valence-electron chi connectivity index (χ4n) is 7.94. The van der Waals surface area contributed by atoms with Gasteiger partial charge < -0.3 is 30.2 Å². The Bertz CT molecular complexity index is 1110. The Morgan fingerprint density at radius 1 is 0.412 bits per heavy atom. The minimum atomic E-state index is -0.543. The SMILES string of the molecule is CC(C)C1CC(OC(=O)c2cc(C(=O)OC3CC(C(C)C)NC(C(C)C)C3)cc(C(=O)OC3CC(C(C)C)NC(C(C)C)C3)c2)CC(C(C)C)N1. The zero-order chi connectivity index (χ0) is 37.7. The van der Waals surface area contributed by atoms with Gasteiger partial charge in [-0.3, -0.25) is 0 Å². The summed E-state index contributed by atoms with van der Waals surface area (Å²) in [5.74, 6) is 0.668. The second-order valence-corrected chi connectivity index (χ2v) is 17.9. The minimum absolute atomic E-state index is 0.160. The monoisotopic (exact) mass is 712 g/mol. The van der Waals surface area contributed by atoms with Crippen LogP contribution < -0.4 is 16.0 Å². The Balaban J connectivity index is 1.61. The summed E-state index contributed by atoms with van der Waals surface area (Å²) >= 11 is 0. The van der Waals surface area contributed by atoms with Crippen molar-refractivity contribution in [1.29, 1.82) is 0 Å². The van der Waals surface area contributed by atoms with Crippen LogP contribution in [-0.4, -0.2) is 72.5 Å². The van der Waals surface area contributed by atoms with Crippen molar-refractivity contribution in [3.63, 3.8) is 0 Å². The smallest absolute Gasteiger partial charge is 0.338 e. The minimum Gasteiger partial charge on any atom is -0.459 e. The van der Waals surface area contributed by atoms with Gasteiger partial charge in [-0.15, -0.1) is 0 Å². The average Bonchev–Trinajstić information content (AvgIpc) is 3.07. The first-order valence-corrected chi connectivity index (χ1v) is 20.0. The van der Waals surface area contributed by atoms with Crippen molar-refractivity contribution in [3.05, 3.63) is 34.9 Å². The van der Waals surface area contributed by atoms with Crippen LogP contribution in [0.25, 0.3) is 0 Å². The van der Waals surface area contributed by atoms with Crippen LogP contribution in [0.4, 0.5) is 0 Å². The molecule has 3 aliphatic heterocycles. The quantitative estimate of drug-likeness (QED) is 0.149. The first kappa shape index (κ1) is 41.3. The van der Waals surface area contributed by atoms with Gasteiger partial charge in [-0.25, -0.2) is 14.4 Å². The van der Waals surface area contributed by atoms with E-state index in [0.717, 1.165) is 0 Å². The van der Waals surface area contributed by atoms with Gasteiger partial charge in [0, 0.05) is 74.8 Å². The standard InChI is InChI=1S/C42H69N3O6/c1-22(2)34-16-31(17-35(43-34)23(3)4)49-40(46)28-13-29(41(47)50-32-18-36(24(5)6)44-37(19-32)25(7)8)15-30(14-28)42(48)51-33-20-38(26(9)10)45-39(21-33)27(11)12/h13-15,22-27,31-39,43-45H,16-21H2,1-12H3. The van der Waals surface area contributed by atoms with Gasteiger partial charge in [0.25, 0.3) is 0 Å². The van der Waals surface area contributed by atoms with Crippen LogP contribution in [-0.2, 0) is 14.2 Å². The molecule has 0 radical (unpaired) electrons. The summed E-state index contributed by atoms with van der Waals surface area (Å²) in [5, 5.41) is 11.2. The summed E-state index contributed by atoms with van der Waals surface area (Å²) in [5.41, 5.74) is 0.480. The molecular weight excluding hydrogens is 642 g/mol. The molecule has 3 aliphatic rings. The maximum absolute atomic E-state index is 13.9. The molecule has 9 heteroatoms. The normalized spacial score (nSPS) is 30.4. The third-order valence-electron chi connectivity index (χ3n) is 11.7. The van der Waals surface area contributed by atoms with E-state index >= 15 is 0 Å². The summed E-state index contributed by atoms with van der Waals surface area (Å²) < 4.78 is 18.5. The Kier molecular flexibility index (Phi) is 14.6. The van der Waals surface area contributed by atoms with Crippen LogP contribution in [0.5, 0.6) is 0 Å². The highest BCUT2D eigenvalue weighted by Gasteiger charge is 2.37. The van der Waals surface area contributed by atoms with Gasteiger partial charge >= 0.3 is 17.9 Å². The number of benzene rings is 1. The predicted octanol–water partition coefficient (Wildman–Crippen LogP) is 7.56. The summed E-state index contributed by atoms with van der Waals surface area (Å²) in [4.78, 5) is 41.7. The molecule has 9 nitrogen and oxygen atoms in total. The van der Waals surface area contributed by atoms with E-state index in [1.807, 2.05) is 0 Å². The molecule has 3 N–H and O–H groups in total. The van der Waals surface area contributed by atoms with Crippen LogP contribution in [0, 0.1) is 35.5 Å². The maximum Gasteiger partial charge on any atom is 0.338 e. The van der Waals surface area contributed by atoms with Crippen molar-refractivity contribution in [2.24, 2.45) is 35.5 Å². The molecular formula is C42H69N3O6. The molecule has 0 bridgehead atoms. The number of carbonyl (C=O) groups is 3. The Morgan fingerprint density at radius 3 is 0.745 bits per heavy atom. The number of ether oxygens (including phenoxy) is 3. The van der Waals surface area contributed by atoms with Gasteiger partial charge in [-0.1, -0.05) is 83.1 Å². The molecule has 6 unspecified atom stereocenters. The number of carbonyl (C=O) groups excluding carboxylic acids is 3. The van der Waals surface area contributed by atoms with Crippen molar-refractivity contribution in [2.75, 3.05) is 0 Å². The maximum atomic E-state index is 13.9. The summed E-state index contributed by atoms with van der Waals surface area (Å²) in [7, 11) is 0. The van der Waals surface area contributed by atoms with E-state index in [9.17, 15) is 14.4 Å². The molecule has 1 aromatic carbocycles. The Labute approximate surface area is 308 Å². The average molecular weight is 712 g/mol. The van der Waals surface area contributed by atoms with E-state index in [2.05, 4.69) is 99.0 Å². The number of rotatable bonds is 12. The molecule has 3 fully saturated rings. The van der Waals surface area contributed by atoms with Crippen molar-refractivity contribution >= 4 is 17.9 Å². The molecule has 51 heavy (non-hydrogen) atoms. The zero-order valence-corrected chi connectivity index (χ0v) is 33.6. The fourth-order valence-corrected chi connectivity index (χ4v) is 7.94. The molecule has 0 spiro atoms. The molecule has 0 saturated carbocycles. The summed E-state index contributed by atoms with van der Waals surface area (Å²) in [6, 6.07) is 5.91. The second-order valence-electron chi connectivity index (χ2n) is 17.9. The van der Waals surface area contributed by atoms with Gasteiger partial charge in [0.15, 0.2) is 0 Å². The van der Waals surface area contributed by atoms with Gasteiger partial charge in [0.1, 0.15) is 18.3 Å². The molecule has 3 saturated heterocycles. The van der Waals surface area contributed by atoms with Crippen molar-refractivity contribution < 1.29 is 28.6 Å². The lowest BCUT2D eigenvalue weighted by atomic mass is 9.85. The lowest BCUT2D eigenvalue weighted by Crippen LogP contribution is -2.52. The lowest BCUT2D eigenvalue weighted by Gasteiger charge is -2.40. The number of hydrogen-bond acceptors (Lipinski definition) is 9. The molecule has 288 valence electrons. The Hall–Kier alpha value is -2.49. The first-order chi connectivity index (χ1) is 23.9. The molecule has 0 amide bonds. The molecule has 3 heterocycles. The molecule has 0 aromatic heterocycles. The van der Waals surface area contributed by atoms with Crippen LogP contribution in [0.1, 0.15) is 153 Å². The van der Waals surface area contributed by atoms with Crippen LogP contribution in [0.3, 0.4) is 0 Å². The molecule has 1 aromatic rings. The third-order valence-corrected chi connectivity index (χ3v) is 11.7. The Morgan fingerprint density at radius 2 is 0.588 bits per heavy atom. The van der Waals surface area contributed by atoms with E-state index < -0.39 is 17.9 Å². The second kappa shape index (κ2) is 18.0. The largest absolute Gasteiger partial charge is 0.459 e. The van der Waals surface area contributed by atoms with Crippen LogP contribution >= 0.6 is 0 Å². The van der Waals surface area contributed by atoms with Crippen molar-refractivity contribution in [3.8, 4) is 0 Å². The van der Waals surface area contributed by atoms with Crippen LogP contribution in [0.15, 0.2) is 18.2 Å². The zero-order valence-electron chi connectivity index (χ0n) is 33.6. The van der Waals surface area contributed by atoms with Crippen molar-refractivity contribution in [2.45, 2.75) is 176 Å². The number of hydrogen-bond donors (Lipinski definition) is 3. The fraction of sp³-hybridized carbons (Fsp3) is 0.786. The van der Waals surface area contributed by atoms with E-state index in [1.165, 1.54) is 18.2 Å². The highest BCUT2D eigenvalue weighted by atomic mass is 16.6. The number of nitrogens with one attached hydrogen (secondary N) is 3.